The van der Waals surface area contributed by atoms with Gasteiger partial charge in [-0.1, -0.05) is 36.4 Å². The normalized spacial score (nSPS) is 23.4. The highest BCUT2D eigenvalue weighted by Crippen LogP contribution is 2.50. The summed E-state index contributed by atoms with van der Waals surface area (Å²) in [6, 6.07) is 11.7. The van der Waals surface area contributed by atoms with E-state index in [2.05, 4.69) is 17.5 Å². The van der Waals surface area contributed by atoms with Gasteiger partial charge in [0.1, 0.15) is 0 Å². The van der Waals surface area contributed by atoms with Crippen molar-refractivity contribution in [2.24, 2.45) is 5.92 Å². The molecule has 2 aromatic rings. The lowest BCUT2D eigenvalue weighted by Gasteiger charge is -2.38. The number of hydrogen-bond acceptors (Lipinski definition) is 4. The molecule has 0 fully saturated rings. The number of nitro groups is 1. The number of nitrogens with one attached hydrogen (secondary N) is 1. The van der Waals surface area contributed by atoms with Gasteiger partial charge in [-0.3, -0.25) is 10.1 Å². The lowest BCUT2D eigenvalue weighted by atomic mass is 9.76. The van der Waals surface area contributed by atoms with Gasteiger partial charge in [-0.25, -0.2) is 4.79 Å². The predicted octanol–water partition coefficient (Wildman–Crippen LogP) is 4.12. The van der Waals surface area contributed by atoms with Gasteiger partial charge in [0.25, 0.3) is 5.69 Å². The van der Waals surface area contributed by atoms with Crippen LogP contribution in [0.5, 0.6) is 0 Å². The van der Waals surface area contributed by atoms with Gasteiger partial charge < -0.3 is 10.4 Å². The van der Waals surface area contributed by atoms with Crippen molar-refractivity contribution in [3.63, 3.8) is 0 Å². The van der Waals surface area contributed by atoms with Crippen molar-refractivity contribution < 1.29 is 14.8 Å². The summed E-state index contributed by atoms with van der Waals surface area (Å²) in [6.45, 7) is 0. The number of benzene rings is 2. The average molecular weight is 336 g/mol. The molecule has 25 heavy (non-hydrogen) atoms. The molecule has 0 amide bonds. The van der Waals surface area contributed by atoms with Crippen LogP contribution in [0.1, 0.15) is 39.9 Å². The minimum atomic E-state index is -0.984. The van der Waals surface area contributed by atoms with E-state index in [1.54, 1.807) is 24.3 Å². The number of para-hydroxylation sites is 1. The second-order valence-corrected chi connectivity index (χ2v) is 6.40. The van der Waals surface area contributed by atoms with Crippen LogP contribution in [0.2, 0.25) is 0 Å². The molecule has 6 heteroatoms. The Bertz CT molecular complexity index is 906. The summed E-state index contributed by atoms with van der Waals surface area (Å²) < 4.78 is 0. The molecular formula is C19H16N2O4. The Kier molecular flexibility index (Phi) is 3.53. The number of nitrogens with zero attached hydrogens (tertiary/aromatic N) is 1. The first kappa shape index (κ1) is 15.4. The molecule has 4 rings (SSSR count). The van der Waals surface area contributed by atoms with Gasteiger partial charge in [0, 0.05) is 18.1 Å². The highest BCUT2D eigenvalue weighted by atomic mass is 16.6. The number of non-ortho nitro benzene ring substituents is 1. The van der Waals surface area contributed by atoms with Gasteiger partial charge in [0.05, 0.1) is 22.2 Å². The van der Waals surface area contributed by atoms with E-state index in [4.69, 9.17) is 0 Å². The van der Waals surface area contributed by atoms with E-state index in [-0.39, 0.29) is 29.1 Å². The first-order valence-electron chi connectivity index (χ1n) is 8.10. The molecule has 0 spiro atoms. The standard InChI is InChI=1S/C19H16N2O4/c22-19(23)16-9-3-8-15-13-6-2-7-14(13)17(20-18(15)16)11-4-1-5-12(10-11)21(24)25/h1-6,8-10,13-14,17,20H,7H2,(H,22,23)/t13-,14+,17+/m1/s1. The molecule has 1 aliphatic carbocycles. The van der Waals surface area contributed by atoms with Crippen molar-refractivity contribution >= 4 is 17.3 Å². The van der Waals surface area contributed by atoms with Gasteiger partial charge in [0.2, 0.25) is 0 Å². The summed E-state index contributed by atoms with van der Waals surface area (Å²) in [4.78, 5) is 22.3. The molecule has 0 saturated heterocycles. The van der Waals surface area contributed by atoms with E-state index in [0.29, 0.717) is 5.69 Å². The van der Waals surface area contributed by atoms with Crippen LogP contribution >= 0.6 is 0 Å². The summed E-state index contributed by atoms with van der Waals surface area (Å²) in [6.07, 6.45) is 5.06. The topological polar surface area (TPSA) is 92.5 Å². The van der Waals surface area contributed by atoms with E-state index in [1.807, 2.05) is 12.1 Å². The fourth-order valence-electron chi connectivity index (χ4n) is 3.96. The number of carbonyl (C=O) groups is 1. The fourth-order valence-corrected chi connectivity index (χ4v) is 3.96. The van der Waals surface area contributed by atoms with E-state index < -0.39 is 10.9 Å². The maximum absolute atomic E-state index is 11.6. The number of hydrogen-bond donors (Lipinski definition) is 2. The number of carboxylic acids is 1. The molecule has 3 atom stereocenters. The lowest BCUT2D eigenvalue weighted by Crippen LogP contribution is -2.30. The lowest BCUT2D eigenvalue weighted by molar-refractivity contribution is -0.384. The molecule has 2 aromatic carbocycles. The third kappa shape index (κ3) is 2.46. The quantitative estimate of drug-likeness (QED) is 0.500. The van der Waals surface area contributed by atoms with Crippen LogP contribution in [-0.4, -0.2) is 16.0 Å². The first-order chi connectivity index (χ1) is 12.1. The molecule has 2 N–H and O–H groups in total. The summed E-state index contributed by atoms with van der Waals surface area (Å²) in [5.41, 5.74) is 2.66. The summed E-state index contributed by atoms with van der Waals surface area (Å²) in [5, 5.41) is 24.0. The molecule has 0 aromatic heterocycles. The predicted molar refractivity (Wildman–Crippen MR) is 92.8 cm³/mol. The van der Waals surface area contributed by atoms with Gasteiger partial charge in [0.15, 0.2) is 0 Å². The van der Waals surface area contributed by atoms with Crippen molar-refractivity contribution in [3.05, 3.63) is 81.4 Å². The van der Waals surface area contributed by atoms with E-state index in [0.717, 1.165) is 17.5 Å². The average Bonchev–Trinajstić information content (AvgIpc) is 3.10. The number of rotatable bonds is 3. The molecule has 0 radical (unpaired) electrons. The van der Waals surface area contributed by atoms with Crippen LogP contribution in [0, 0.1) is 16.0 Å². The van der Waals surface area contributed by atoms with Gasteiger partial charge in [-0.15, -0.1) is 0 Å². The van der Waals surface area contributed by atoms with Crippen LogP contribution in [0.15, 0.2) is 54.6 Å². The minimum absolute atomic E-state index is 0.0409. The number of fused-ring (bicyclic) bond motifs is 3. The zero-order valence-electron chi connectivity index (χ0n) is 13.3. The van der Waals surface area contributed by atoms with Crippen LogP contribution in [0.3, 0.4) is 0 Å². The smallest absolute Gasteiger partial charge is 0.337 e. The number of nitro benzene ring substituents is 1. The molecule has 0 bridgehead atoms. The van der Waals surface area contributed by atoms with Crippen molar-refractivity contribution in [2.45, 2.75) is 18.4 Å². The Morgan fingerprint density at radius 2 is 2.04 bits per heavy atom. The molecule has 0 saturated carbocycles. The van der Waals surface area contributed by atoms with E-state index in [9.17, 15) is 20.0 Å². The third-order valence-corrected chi connectivity index (χ3v) is 5.07. The Hall–Kier alpha value is -3.15. The summed E-state index contributed by atoms with van der Waals surface area (Å²) in [7, 11) is 0. The zero-order chi connectivity index (χ0) is 17.6. The van der Waals surface area contributed by atoms with Gasteiger partial charge >= 0.3 is 5.97 Å². The van der Waals surface area contributed by atoms with Crippen LogP contribution in [0.4, 0.5) is 11.4 Å². The van der Waals surface area contributed by atoms with E-state index >= 15 is 0 Å². The van der Waals surface area contributed by atoms with Gasteiger partial charge in [-0.2, -0.15) is 0 Å². The van der Waals surface area contributed by atoms with E-state index in [1.165, 1.54) is 6.07 Å². The number of allylic oxidation sites excluding steroid dienone is 2. The fraction of sp³-hybridized carbons (Fsp3) is 0.211. The maximum Gasteiger partial charge on any atom is 0.337 e. The highest BCUT2D eigenvalue weighted by Gasteiger charge is 2.39. The van der Waals surface area contributed by atoms with Crippen molar-refractivity contribution in [2.75, 3.05) is 5.32 Å². The largest absolute Gasteiger partial charge is 0.478 e. The zero-order valence-corrected chi connectivity index (χ0v) is 13.3. The van der Waals surface area contributed by atoms with Crippen molar-refractivity contribution in [3.8, 4) is 0 Å². The molecule has 2 aliphatic rings. The molecular weight excluding hydrogens is 320 g/mol. The summed E-state index contributed by atoms with van der Waals surface area (Å²) >= 11 is 0. The number of aromatic carboxylic acids is 1. The van der Waals surface area contributed by atoms with Crippen molar-refractivity contribution in [1.29, 1.82) is 0 Å². The number of carboxylic acid groups (broad SMARTS) is 1. The Balaban J connectivity index is 1.83. The molecule has 1 heterocycles. The second-order valence-electron chi connectivity index (χ2n) is 6.40. The van der Waals surface area contributed by atoms with Crippen LogP contribution in [-0.2, 0) is 0 Å². The molecule has 1 aliphatic heterocycles. The van der Waals surface area contributed by atoms with Crippen molar-refractivity contribution in [1.82, 2.24) is 0 Å². The SMILES string of the molecule is O=C(O)c1cccc2c1N[C@@H](c1cccc([N+](=O)[O-])c1)[C@H]1CC=C[C@@H]21. The first-order valence-corrected chi connectivity index (χ1v) is 8.10. The number of anilines is 1. The monoisotopic (exact) mass is 336 g/mol. The molecule has 0 unspecified atom stereocenters. The van der Waals surface area contributed by atoms with Gasteiger partial charge in [-0.05, 0) is 29.5 Å². The highest BCUT2D eigenvalue weighted by molar-refractivity contribution is 5.95. The minimum Gasteiger partial charge on any atom is -0.478 e. The Morgan fingerprint density at radius 3 is 2.80 bits per heavy atom. The second kappa shape index (κ2) is 5.73. The summed E-state index contributed by atoms with van der Waals surface area (Å²) in [5.74, 6) is -0.666. The Morgan fingerprint density at radius 1 is 1.24 bits per heavy atom. The Labute approximate surface area is 144 Å². The maximum atomic E-state index is 11.6. The van der Waals surface area contributed by atoms with Crippen LogP contribution in [0.25, 0.3) is 0 Å². The van der Waals surface area contributed by atoms with Crippen LogP contribution < -0.4 is 5.32 Å². The third-order valence-electron chi connectivity index (χ3n) is 5.07. The molecule has 126 valence electrons. The molecule has 6 nitrogen and oxygen atoms in total.